The van der Waals surface area contributed by atoms with Crippen molar-refractivity contribution in [2.24, 2.45) is 0 Å². The molecule has 0 fully saturated rings. The van der Waals surface area contributed by atoms with E-state index in [0.717, 1.165) is 31.0 Å². The van der Waals surface area contributed by atoms with Gasteiger partial charge in [0, 0.05) is 31.4 Å². The fourth-order valence-electron chi connectivity index (χ4n) is 1.65. The molecule has 2 aromatic rings. The first-order chi connectivity index (χ1) is 8.88. The molecule has 18 heavy (non-hydrogen) atoms. The molecular weight excluding hydrogens is 228 g/mol. The van der Waals surface area contributed by atoms with Crippen molar-refractivity contribution in [1.29, 1.82) is 0 Å². The maximum absolute atomic E-state index is 5.35. The van der Waals surface area contributed by atoms with Crippen molar-refractivity contribution >= 4 is 5.82 Å². The number of hydrogen-bond donors (Lipinski definition) is 2. The zero-order valence-corrected chi connectivity index (χ0v) is 10.5. The number of aromatic amines is 1. The Hall–Kier alpha value is -2.04. The zero-order valence-electron chi connectivity index (χ0n) is 10.5. The fourth-order valence-corrected chi connectivity index (χ4v) is 1.65. The molecule has 0 aliphatic heterocycles. The van der Waals surface area contributed by atoms with Crippen molar-refractivity contribution in [3.8, 4) is 5.88 Å². The summed E-state index contributed by atoms with van der Waals surface area (Å²) in [5.41, 5.74) is 0. The summed E-state index contributed by atoms with van der Waals surface area (Å²) < 4.78 is 5.35. The third-order valence-corrected chi connectivity index (χ3v) is 2.47. The highest BCUT2D eigenvalue weighted by atomic mass is 16.5. The normalized spacial score (nSPS) is 10.3. The molecule has 2 aromatic heterocycles. The van der Waals surface area contributed by atoms with E-state index in [1.807, 2.05) is 31.3 Å². The predicted molar refractivity (Wildman–Crippen MR) is 70.8 cm³/mol. The lowest BCUT2D eigenvalue weighted by atomic mass is 10.3. The quantitative estimate of drug-likeness (QED) is 0.735. The third-order valence-electron chi connectivity index (χ3n) is 2.47. The number of imidazole rings is 1. The highest BCUT2D eigenvalue weighted by molar-refractivity contribution is 5.36. The molecule has 0 saturated carbocycles. The Bertz CT molecular complexity index is 456. The van der Waals surface area contributed by atoms with Gasteiger partial charge in [-0.3, -0.25) is 0 Å². The molecule has 5 heteroatoms. The van der Waals surface area contributed by atoms with Crippen LogP contribution in [0.1, 0.15) is 19.2 Å². The van der Waals surface area contributed by atoms with Crippen molar-refractivity contribution in [2.75, 3.05) is 18.5 Å². The molecule has 5 nitrogen and oxygen atoms in total. The molecule has 0 bridgehead atoms. The second kappa shape index (κ2) is 6.64. The van der Waals surface area contributed by atoms with E-state index in [-0.39, 0.29) is 0 Å². The molecule has 0 spiro atoms. The summed E-state index contributed by atoms with van der Waals surface area (Å²) in [5.74, 6) is 2.53. The van der Waals surface area contributed by atoms with Gasteiger partial charge in [-0.15, -0.1) is 0 Å². The molecular formula is C13H18N4O. The van der Waals surface area contributed by atoms with Gasteiger partial charge in [-0.05, 0) is 19.4 Å². The van der Waals surface area contributed by atoms with Gasteiger partial charge in [0.15, 0.2) is 0 Å². The number of aromatic nitrogens is 3. The smallest absolute Gasteiger partial charge is 0.215 e. The van der Waals surface area contributed by atoms with Gasteiger partial charge in [0.05, 0.1) is 6.61 Å². The average Bonchev–Trinajstić information content (AvgIpc) is 2.89. The highest BCUT2D eigenvalue weighted by Gasteiger charge is 1.98. The van der Waals surface area contributed by atoms with Crippen molar-refractivity contribution in [3.63, 3.8) is 0 Å². The first kappa shape index (κ1) is 12.4. The van der Waals surface area contributed by atoms with Gasteiger partial charge in [-0.1, -0.05) is 6.07 Å². The molecule has 0 aromatic carbocycles. The minimum absolute atomic E-state index is 0.634. The zero-order chi connectivity index (χ0) is 12.6. The molecule has 2 rings (SSSR count). The van der Waals surface area contributed by atoms with Crippen LogP contribution in [0.3, 0.4) is 0 Å². The lowest BCUT2D eigenvalue weighted by molar-refractivity contribution is 0.327. The van der Waals surface area contributed by atoms with E-state index in [9.17, 15) is 0 Å². The van der Waals surface area contributed by atoms with E-state index in [4.69, 9.17) is 4.74 Å². The summed E-state index contributed by atoms with van der Waals surface area (Å²) >= 11 is 0. The molecule has 0 saturated heterocycles. The van der Waals surface area contributed by atoms with Crippen LogP contribution < -0.4 is 10.1 Å². The molecule has 0 aliphatic rings. The predicted octanol–water partition coefficient (Wildman–Crippen LogP) is 2.25. The molecule has 0 radical (unpaired) electrons. The molecule has 0 atom stereocenters. The van der Waals surface area contributed by atoms with E-state index >= 15 is 0 Å². The molecule has 2 N–H and O–H groups in total. The maximum atomic E-state index is 5.35. The third kappa shape index (κ3) is 3.76. The van der Waals surface area contributed by atoms with E-state index in [1.54, 1.807) is 6.20 Å². The molecule has 96 valence electrons. The lowest BCUT2D eigenvalue weighted by Crippen LogP contribution is -2.05. The summed E-state index contributed by atoms with van der Waals surface area (Å²) in [6, 6.07) is 5.74. The number of hydrogen-bond acceptors (Lipinski definition) is 4. The van der Waals surface area contributed by atoms with Gasteiger partial charge < -0.3 is 15.0 Å². The Morgan fingerprint density at radius 1 is 1.39 bits per heavy atom. The van der Waals surface area contributed by atoms with Crippen LogP contribution in [0.25, 0.3) is 0 Å². The topological polar surface area (TPSA) is 62.8 Å². The maximum Gasteiger partial charge on any atom is 0.215 e. The summed E-state index contributed by atoms with van der Waals surface area (Å²) in [5, 5.41) is 3.27. The van der Waals surface area contributed by atoms with Crippen LogP contribution in [0.4, 0.5) is 5.82 Å². The number of H-pyrrole nitrogens is 1. The van der Waals surface area contributed by atoms with Gasteiger partial charge in [0.1, 0.15) is 11.6 Å². The number of anilines is 1. The average molecular weight is 246 g/mol. The van der Waals surface area contributed by atoms with E-state index in [0.29, 0.717) is 12.5 Å². The lowest BCUT2D eigenvalue weighted by Gasteiger charge is -2.07. The molecule has 0 unspecified atom stereocenters. The van der Waals surface area contributed by atoms with Crippen LogP contribution in [0, 0.1) is 0 Å². The first-order valence-electron chi connectivity index (χ1n) is 6.20. The summed E-state index contributed by atoms with van der Waals surface area (Å²) in [6.07, 6.45) is 5.56. The van der Waals surface area contributed by atoms with Crippen molar-refractivity contribution in [2.45, 2.75) is 19.8 Å². The van der Waals surface area contributed by atoms with Crippen LogP contribution in [0.2, 0.25) is 0 Å². The number of aryl methyl sites for hydroxylation is 1. The SMILES string of the molecule is CCOc1cccc(NCCCc2ncc[nH]2)n1. The van der Waals surface area contributed by atoms with Gasteiger partial charge in [0.25, 0.3) is 0 Å². The van der Waals surface area contributed by atoms with Crippen LogP contribution in [0.5, 0.6) is 5.88 Å². The number of ether oxygens (including phenoxy) is 1. The van der Waals surface area contributed by atoms with Crippen molar-refractivity contribution < 1.29 is 4.74 Å². The van der Waals surface area contributed by atoms with Crippen LogP contribution in [-0.2, 0) is 6.42 Å². The van der Waals surface area contributed by atoms with Gasteiger partial charge >= 0.3 is 0 Å². The van der Waals surface area contributed by atoms with Crippen molar-refractivity contribution in [1.82, 2.24) is 15.0 Å². The number of nitrogens with zero attached hydrogens (tertiary/aromatic N) is 2. The van der Waals surface area contributed by atoms with Crippen LogP contribution in [-0.4, -0.2) is 28.1 Å². The Morgan fingerprint density at radius 2 is 2.33 bits per heavy atom. The summed E-state index contributed by atoms with van der Waals surface area (Å²) in [7, 11) is 0. The number of nitrogens with one attached hydrogen (secondary N) is 2. The van der Waals surface area contributed by atoms with Gasteiger partial charge in [-0.25, -0.2) is 4.98 Å². The summed E-state index contributed by atoms with van der Waals surface area (Å²) in [6.45, 7) is 3.45. The fraction of sp³-hybridized carbons (Fsp3) is 0.385. The van der Waals surface area contributed by atoms with E-state index < -0.39 is 0 Å². The minimum atomic E-state index is 0.634. The van der Waals surface area contributed by atoms with Crippen LogP contribution in [0.15, 0.2) is 30.6 Å². The van der Waals surface area contributed by atoms with Crippen molar-refractivity contribution in [3.05, 3.63) is 36.4 Å². The van der Waals surface area contributed by atoms with E-state index in [1.165, 1.54) is 0 Å². The monoisotopic (exact) mass is 246 g/mol. The second-order valence-electron chi connectivity index (χ2n) is 3.86. The standard InChI is InChI=1S/C13H18N4O/c1-2-18-13-7-3-5-12(17-13)14-8-4-6-11-15-9-10-16-11/h3,5,7,9-10H,2,4,6,8H2,1H3,(H,14,17)(H,15,16). The molecule has 0 amide bonds. The Labute approximate surface area is 107 Å². The Kier molecular flexibility index (Phi) is 4.58. The van der Waals surface area contributed by atoms with E-state index in [2.05, 4.69) is 20.3 Å². The van der Waals surface area contributed by atoms with Gasteiger partial charge in [0.2, 0.25) is 5.88 Å². The number of rotatable bonds is 7. The molecule has 0 aliphatic carbocycles. The highest BCUT2D eigenvalue weighted by Crippen LogP contribution is 2.11. The first-order valence-corrected chi connectivity index (χ1v) is 6.20. The number of pyridine rings is 1. The minimum Gasteiger partial charge on any atom is -0.478 e. The molecule has 2 heterocycles. The largest absolute Gasteiger partial charge is 0.478 e. The Balaban J connectivity index is 1.74. The Morgan fingerprint density at radius 3 is 3.11 bits per heavy atom. The second-order valence-corrected chi connectivity index (χ2v) is 3.86. The van der Waals surface area contributed by atoms with Crippen LogP contribution >= 0.6 is 0 Å². The summed E-state index contributed by atoms with van der Waals surface area (Å²) in [4.78, 5) is 11.6. The van der Waals surface area contributed by atoms with Gasteiger partial charge in [-0.2, -0.15) is 4.98 Å².